The number of halogens is 1. The highest BCUT2D eigenvalue weighted by molar-refractivity contribution is 7.17. The van der Waals surface area contributed by atoms with E-state index in [0.717, 1.165) is 42.3 Å². The van der Waals surface area contributed by atoms with E-state index in [1.54, 1.807) is 12.1 Å². The van der Waals surface area contributed by atoms with Gasteiger partial charge >= 0.3 is 5.97 Å². The minimum absolute atomic E-state index is 0.200. The zero-order valence-corrected chi connectivity index (χ0v) is 16.9. The van der Waals surface area contributed by atoms with Gasteiger partial charge in [0, 0.05) is 41.1 Å². The van der Waals surface area contributed by atoms with Crippen LogP contribution < -0.4 is 0 Å². The van der Waals surface area contributed by atoms with Crippen LogP contribution in [0.15, 0.2) is 24.3 Å². The summed E-state index contributed by atoms with van der Waals surface area (Å²) < 4.78 is 13.5. The van der Waals surface area contributed by atoms with E-state index in [1.807, 2.05) is 26.0 Å². The Balaban J connectivity index is 1.57. The zero-order chi connectivity index (χ0) is 19.4. The first-order valence-corrected chi connectivity index (χ1v) is 10.0. The standard InChI is InChI=1S/C20H22ClNO4S/c1-13-10-17(14(2)22(13)11-15-4-3-9-25-15)18(23)12-26-20(24)8-6-16-5-7-19(21)27-16/h5-8,10,15H,3-4,9,11-12H2,1-2H3/b8-6+/t15-/m1/s1. The van der Waals surface area contributed by atoms with Gasteiger partial charge in [0.25, 0.3) is 0 Å². The fourth-order valence-corrected chi connectivity index (χ4v) is 4.15. The molecule has 0 N–H and O–H groups in total. The molecule has 1 atom stereocenters. The van der Waals surface area contributed by atoms with Crippen molar-refractivity contribution in [3.05, 3.63) is 50.4 Å². The summed E-state index contributed by atoms with van der Waals surface area (Å²) in [6, 6.07) is 5.42. The molecule has 144 valence electrons. The Kier molecular flexibility index (Phi) is 6.52. The summed E-state index contributed by atoms with van der Waals surface area (Å²) in [6.45, 7) is 5.16. The van der Waals surface area contributed by atoms with E-state index in [9.17, 15) is 9.59 Å². The lowest BCUT2D eigenvalue weighted by atomic mass is 10.1. The summed E-state index contributed by atoms with van der Waals surface area (Å²) in [5.41, 5.74) is 2.48. The molecule has 5 nitrogen and oxygen atoms in total. The Bertz CT molecular complexity index is 861. The lowest BCUT2D eigenvalue weighted by Gasteiger charge is -2.14. The van der Waals surface area contributed by atoms with Crippen molar-refractivity contribution in [2.75, 3.05) is 13.2 Å². The monoisotopic (exact) mass is 407 g/mol. The number of hydrogen-bond acceptors (Lipinski definition) is 5. The molecule has 1 saturated heterocycles. The van der Waals surface area contributed by atoms with Gasteiger partial charge in [-0.15, -0.1) is 11.3 Å². The van der Waals surface area contributed by atoms with Crippen molar-refractivity contribution >= 4 is 40.8 Å². The molecular weight excluding hydrogens is 386 g/mol. The molecule has 0 bridgehead atoms. The van der Waals surface area contributed by atoms with Gasteiger partial charge < -0.3 is 14.0 Å². The Morgan fingerprint density at radius 2 is 2.22 bits per heavy atom. The molecule has 0 amide bonds. The molecule has 1 fully saturated rings. The summed E-state index contributed by atoms with van der Waals surface area (Å²) in [5, 5.41) is 0. The molecule has 27 heavy (non-hydrogen) atoms. The van der Waals surface area contributed by atoms with E-state index in [1.165, 1.54) is 17.4 Å². The molecule has 1 aliphatic rings. The van der Waals surface area contributed by atoms with Crippen LogP contribution in [0, 0.1) is 13.8 Å². The molecule has 0 aliphatic carbocycles. The van der Waals surface area contributed by atoms with Crippen molar-refractivity contribution in [1.29, 1.82) is 0 Å². The van der Waals surface area contributed by atoms with Gasteiger partial charge in [-0.05, 0) is 51.0 Å². The van der Waals surface area contributed by atoms with Crippen LogP contribution in [0.5, 0.6) is 0 Å². The maximum absolute atomic E-state index is 12.5. The Morgan fingerprint density at radius 3 is 2.89 bits per heavy atom. The van der Waals surface area contributed by atoms with Crippen LogP contribution in [-0.2, 0) is 20.8 Å². The van der Waals surface area contributed by atoms with Gasteiger partial charge in [0.05, 0.1) is 10.4 Å². The number of Topliss-reactive ketones (excluding diaryl/α,β-unsaturated/α-hetero) is 1. The quantitative estimate of drug-likeness (QED) is 0.387. The normalized spacial score (nSPS) is 16.9. The Hall–Kier alpha value is -1.89. The third kappa shape index (κ3) is 5.09. The van der Waals surface area contributed by atoms with Gasteiger partial charge in [-0.25, -0.2) is 4.79 Å². The minimum atomic E-state index is -0.555. The maximum Gasteiger partial charge on any atom is 0.331 e. The van der Waals surface area contributed by atoms with Gasteiger partial charge in [-0.1, -0.05) is 11.6 Å². The SMILES string of the molecule is Cc1cc(C(=O)COC(=O)/C=C/c2ccc(Cl)s2)c(C)n1C[C@H]1CCCO1. The Labute approximate surface area is 167 Å². The second kappa shape index (κ2) is 8.87. The molecule has 2 aromatic heterocycles. The lowest BCUT2D eigenvalue weighted by molar-refractivity contribution is -0.136. The number of esters is 1. The van der Waals surface area contributed by atoms with Crippen molar-refractivity contribution in [2.24, 2.45) is 0 Å². The third-order valence-electron chi connectivity index (χ3n) is 4.61. The molecule has 0 aromatic carbocycles. The predicted octanol–water partition coefficient (Wildman–Crippen LogP) is 4.44. The molecule has 0 unspecified atom stereocenters. The van der Waals surface area contributed by atoms with Gasteiger partial charge in [-0.2, -0.15) is 0 Å². The second-order valence-corrected chi connectivity index (χ2v) is 8.28. The van der Waals surface area contributed by atoms with Crippen LogP contribution in [-0.4, -0.2) is 35.6 Å². The third-order valence-corrected chi connectivity index (χ3v) is 5.80. The average molecular weight is 408 g/mol. The number of aromatic nitrogens is 1. The largest absolute Gasteiger partial charge is 0.454 e. The molecule has 1 aliphatic heterocycles. The predicted molar refractivity (Wildman–Crippen MR) is 107 cm³/mol. The maximum atomic E-state index is 12.5. The first kappa shape index (κ1) is 19.9. The van der Waals surface area contributed by atoms with Crippen molar-refractivity contribution in [2.45, 2.75) is 39.3 Å². The van der Waals surface area contributed by atoms with Gasteiger partial charge in [0.15, 0.2) is 6.61 Å². The van der Waals surface area contributed by atoms with Crippen molar-refractivity contribution in [1.82, 2.24) is 4.57 Å². The number of aryl methyl sites for hydroxylation is 1. The number of rotatable bonds is 7. The van der Waals surface area contributed by atoms with E-state index in [-0.39, 0.29) is 18.5 Å². The lowest BCUT2D eigenvalue weighted by Crippen LogP contribution is -2.18. The number of carbonyl (C=O) groups is 2. The number of carbonyl (C=O) groups excluding carboxylic acids is 2. The summed E-state index contributed by atoms with van der Waals surface area (Å²) in [6.07, 6.45) is 5.25. The molecule has 2 aromatic rings. The minimum Gasteiger partial charge on any atom is -0.454 e. The fraction of sp³-hybridized carbons (Fsp3) is 0.400. The molecule has 7 heteroatoms. The molecule has 0 spiro atoms. The van der Waals surface area contributed by atoms with E-state index >= 15 is 0 Å². The second-order valence-electron chi connectivity index (χ2n) is 6.54. The summed E-state index contributed by atoms with van der Waals surface area (Å²) in [7, 11) is 0. The van der Waals surface area contributed by atoms with Gasteiger partial charge in [0.1, 0.15) is 0 Å². The van der Waals surface area contributed by atoms with Crippen LogP contribution in [0.3, 0.4) is 0 Å². The van der Waals surface area contributed by atoms with Crippen LogP contribution in [0.4, 0.5) is 0 Å². The highest BCUT2D eigenvalue weighted by atomic mass is 35.5. The number of hydrogen-bond donors (Lipinski definition) is 0. The topological polar surface area (TPSA) is 57.5 Å². The number of ether oxygens (including phenoxy) is 2. The summed E-state index contributed by atoms with van der Waals surface area (Å²) in [4.78, 5) is 25.2. The average Bonchev–Trinajstić information content (AvgIpc) is 3.36. The molecule has 3 rings (SSSR count). The van der Waals surface area contributed by atoms with Crippen LogP contribution in [0.25, 0.3) is 6.08 Å². The van der Waals surface area contributed by atoms with Gasteiger partial charge in [0.2, 0.25) is 5.78 Å². The fourth-order valence-electron chi connectivity index (χ4n) is 3.19. The Morgan fingerprint density at radius 1 is 1.41 bits per heavy atom. The van der Waals surface area contributed by atoms with E-state index in [4.69, 9.17) is 21.1 Å². The van der Waals surface area contributed by atoms with Crippen LogP contribution >= 0.6 is 22.9 Å². The molecule has 0 saturated carbocycles. The van der Waals surface area contributed by atoms with Crippen LogP contribution in [0.1, 0.15) is 39.5 Å². The van der Waals surface area contributed by atoms with Crippen molar-refractivity contribution in [3.8, 4) is 0 Å². The summed E-state index contributed by atoms with van der Waals surface area (Å²) in [5.74, 6) is -0.761. The van der Waals surface area contributed by atoms with Crippen LogP contribution in [0.2, 0.25) is 4.34 Å². The van der Waals surface area contributed by atoms with Crippen molar-refractivity contribution in [3.63, 3.8) is 0 Å². The highest BCUT2D eigenvalue weighted by Gasteiger charge is 2.21. The van der Waals surface area contributed by atoms with E-state index < -0.39 is 5.97 Å². The van der Waals surface area contributed by atoms with Crippen molar-refractivity contribution < 1.29 is 19.1 Å². The first-order valence-electron chi connectivity index (χ1n) is 8.85. The van der Waals surface area contributed by atoms with E-state index in [0.29, 0.717) is 9.90 Å². The smallest absolute Gasteiger partial charge is 0.331 e. The first-order chi connectivity index (χ1) is 12.9. The molecule has 0 radical (unpaired) electrons. The van der Waals surface area contributed by atoms with Gasteiger partial charge in [-0.3, -0.25) is 4.79 Å². The highest BCUT2D eigenvalue weighted by Crippen LogP contribution is 2.23. The van der Waals surface area contributed by atoms with E-state index in [2.05, 4.69) is 4.57 Å². The number of nitrogens with zero attached hydrogens (tertiary/aromatic N) is 1. The molecular formula is C20H22ClNO4S. The zero-order valence-electron chi connectivity index (χ0n) is 15.4. The number of ketones is 1. The molecule has 3 heterocycles. The summed E-state index contributed by atoms with van der Waals surface area (Å²) >= 11 is 7.20. The number of thiophene rings is 1.